The number of primary amides is 1. The largest absolute Gasteiger partial charge is 0.507 e. The van der Waals surface area contributed by atoms with Gasteiger partial charge in [-0.25, -0.2) is 8.42 Å². The molecule has 1 heterocycles. The molecule has 1 fully saturated rings. The lowest BCUT2D eigenvalue weighted by atomic mass is 10.2. The SMILES string of the molecule is NC(=O)c1cc(S(=O)(=O)N2CCCCCC2)ccc1O. The monoisotopic (exact) mass is 298 g/mol. The Morgan fingerprint density at radius 1 is 1.15 bits per heavy atom. The van der Waals surface area contributed by atoms with E-state index >= 15 is 0 Å². The molecule has 110 valence electrons. The molecule has 1 saturated heterocycles. The first kappa shape index (κ1) is 14.8. The summed E-state index contributed by atoms with van der Waals surface area (Å²) in [5, 5.41) is 9.52. The number of nitrogens with two attached hydrogens (primary N) is 1. The fourth-order valence-corrected chi connectivity index (χ4v) is 3.85. The Morgan fingerprint density at radius 2 is 1.75 bits per heavy atom. The zero-order chi connectivity index (χ0) is 14.8. The second-order valence-electron chi connectivity index (χ2n) is 4.86. The third kappa shape index (κ3) is 2.94. The standard InChI is InChI=1S/C13H18N2O4S/c14-13(17)11-9-10(5-6-12(11)16)20(18,19)15-7-3-1-2-4-8-15/h5-6,9,16H,1-4,7-8H2,(H2,14,17). The first-order valence-electron chi connectivity index (χ1n) is 6.56. The number of amides is 1. The summed E-state index contributed by atoms with van der Waals surface area (Å²) in [7, 11) is -3.64. The lowest BCUT2D eigenvalue weighted by Gasteiger charge is -2.20. The molecular weight excluding hydrogens is 280 g/mol. The Hall–Kier alpha value is -1.60. The molecule has 0 spiro atoms. The second-order valence-corrected chi connectivity index (χ2v) is 6.80. The number of sulfonamides is 1. The van der Waals surface area contributed by atoms with E-state index in [4.69, 9.17) is 5.73 Å². The summed E-state index contributed by atoms with van der Waals surface area (Å²) in [5.41, 5.74) is 4.94. The summed E-state index contributed by atoms with van der Waals surface area (Å²) in [6.07, 6.45) is 3.71. The molecule has 1 aromatic rings. The van der Waals surface area contributed by atoms with Crippen LogP contribution in [0.4, 0.5) is 0 Å². The zero-order valence-corrected chi connectivity index (χ0v) is 11.9. The van der Waals surface area contributed by atoms with Crippen LogP contribution < -0.4 is 5.73 Å². The normalized spacial score (nSPS) is 17.6. The molecular formula is C13H18N2O4S. The summed E-state index contributed by atoms with van der Waals surface area (Å²) in [4.78, 5) is 11.2. The van der Waals surface area contributed by atoms with Crippen molar-refractivity contribution >= 4 is 15.9 Å². The van der Waals surface area contributed by atoms with E-state index in [0.29, 0.717) is 13.1 Å². The van der Waals surface area contributed by atoms with Crippen LogP contribution in [-0.4, -0.2) is 36.8 Å². The van der Waals surface area contributed by atoms with E-state index in [-0.39, 0.29) is 16.2 Å². The Balaban J connectivity index is 2.38. The molecule has 6 nitrogen and oxygen atoms in total. The fraction of sp³-hybridized carbons (Fsp3) is 0.462. The molecule has 1 amide bonds. The average Bonchev–Trinajstić information content (AvgIpc) is 2.67. The highest BCUT2D eigenvalue weighted by molar-refractivity contribution is 7.89. The highest BCUT2D eigenvalue weighted by atomic mass is 32.2. The van der Waals surface area contributed by atoms with Crippen molar-refractivity contribution in [2.24, 2.45) is 5.73 Å². The van der Waals surface area contributed by atoms with Crippen LogP contribution in [0.1, 0.15) is 36.0 Å². The van der Waals surface area contributed by atoms with E-state index in [1.165, 1.54) is 16.4 Å². The first-order valence-corrected chi connectivity index (χ1v) is 8.00. The van der Waals surface area contributed by atoms with Crippen molar-refractivity contribution in [2.75, 3.05) is 13.1 Å². The lowest BCUT2D eigenvalue weighted by Crippen LogP contribution is -2.32. The Morgan fingerprint density at radius 3 is 2.30 bits per heavy atom. The average molecular weight is 298 g/mol. The van der Waals surface area contributed by atoms with Gasteiger partial charge in [-0.2, -0.15) is 4.31 Å². The van der Waals surface area contributed by atoms with Gasteiger partial charge in [-0.05, 0) is 31.0 Å². The van der Waals surface area contributed by atoms with Crippen molar-refractivity contribution in [3.05, 3.63) is 23.8 Å². The quantitative estimate of drug-likeness (QED) is 0.871. The van der Waals surface area contributed by atoms with Crippen molar-refractivity contribution in [2.45, 2.75) is 30.6 Å². The van der Waals surface area contributed by atoms with Crippen molar-refractivity contribution < 1.29 is 18.3 Å². The third-order valence-electron chi connectivity index (χ3n) is 3.44. The van der Waals surface area contributed by atoms with Gasteiger partial charge in [-0.3, -0.25) is 4.79 Å². The number of carbonyl (C=O) groups excluding carboxylic acids is 1. The van der Waals surface area contributed by atoms with E-state index < -0.39 is 15.9 Å². The number of nitrogens with zero attached hydrogens (tertiary/aromatic N) is 1. The Kier molecular flexibility index (Phi) is 4.29. The Bertz CT molecular complexity index is 605. The highest BCUT2D eigenvalue weighted by Gasteiger charge is 2.26. The maximum Gasteiger partial charge on any atom is 0.252 e. The smallest absolute Gasteiger partial charge is 0.252 e. The predicted molar refractivity (Wildman–Crippen MR) is 73.9 cm³/mol. The van der Waals surface area contributed by atoms with Gasteiger partial charge in [0.05, 0.1) is 10.5 Å². The summed E-state index contributed by atoms with van der Waals surface area (Å²) in [6.45, 7) is 0.963. The molecule has 0 radical (unpaired) electrons. The molecule has 0 atom stereocenters. The van der Waals surface area contributed by atoms with Gasteiger partial charge in [0.25, 0.3) is 5.91 Å². The van der Waals surface area contributed by atoms with E-state index in [2.05, 4.69) is 0 Å². The van der Waals surface area contributed by atoms with Crippen molar-refractivity contribution in [1.29, 1.82) is 0 Å². The highest BCUT2D eigenvalue weighted by Crippen LogP contribution is 2.25. The number of aromatic hydroxyl groups is 1. The van der Waals surface area contributed by atoms with Gasteiger partial charge in [0, 0.05) is 13.1 Å². The van der Waals surface area contributed by atoms with E-state index in [1.807, 2.05) is 0 Å². The van der Waals surface area contributed by atoms with Crippen LogP contribution in [0, 0.1) is 0 Å². The van der Waals surface area contributed by atoms with Gasteiger partial charge < -0.3 is 10.8 Å². The van der Waals surface area contributed by atoms with Gasteiger partial charge in [0.1, 0.15) is 5.75 Å². The van der Waals surface area contributed by atoms with Crippen molar-refractivity contribution in [3.63, 3.8) is 0 Å². The van der Waals surface area contributed by atoms with E-state index in [9.17, 15) is 18.3 Å². The fourth-order valence-electron chi connectivity index (χ4n) is 2.30. The molecule has 20 heavy (non-hydrogen) atoms. The van der Waals surface area contributed by atoms with Crippen LogP contribution in [0.5, 0.6) is 5.75 Å². The molecule has 1 aliphatic heterocycles. The number of benzene rings is 1. The summed E-state index contributed by atoms with van der Waals surface area (Å²) in [6, 6.07) is 3.62. The molecule has 0 unspecified atom stereocenters. The van der Waals surface area contributed by atoms with E-state index in [0.717, 1.165) is 31.7 Å². The van der Waals surface area contributed by atoms with Crippen LogP contribution in [0.15, 0.2) is 23.1 Å². The molecule has 0 bridgehead atoms. The maximum atomic E-state index is 12.5. The van der Waals surface area contributed by atoms with Crippen LogP contribution in [0.2, 0.25) is 0 Å². The summed E-state index contributed by atoms with van der Waals surface area (Å²) in [5.74, 6) is -1.16. The molecule has 3 N–H and O–H groups in total. The van der Waals surface area contributed by atoms with Gasteiger partial charge in [0.2, 0.25) is 10.0 Å². The predicted octanol–water partition coefficient (Wildman–Crippen LogP) is 1.06. The molecule has 1 aromatic carbocycles. The minimum absolute atomic E-state index is 0.00833. The maximum absolute atomic E-state index is 12.5. The third-order valence-corrected chi connectivity index (χ3v) is 5.33. The van der Waals surface area contributed by atoms with Gasteiger partial charge >= 0.3 is 0 Å². The summed E-state index contributed by atoms with van der Waals surface area (Å²) >= 11 is 0. The topological polar surface area (TPSA) is 101 Å². The van der Waals surface area contributed by atoms with Crippen molar-refractivity contribution in [3.8, 4) is 5.75 Å². The van der Waals surface area contributed by atoms with Crippen LogP contribution in [0.25, 0.3) is 0 Å². The van der Waals surface area contributed by atoms with Crippen LogP contribution in [0.3, 0.4) is 0 Å². The zero-order valence-electron chi connectivity index (χ0n) is 11.1. The molecule has 0 aliphatic carbocycles. The molecule has 0 saturated carbocycles. The van der Waals surface area contributed by atoms with Crippen LogP contribution in [-0.2, 0) is 10.0 Å². The summed E-state index contributed by atoms with van der Waals surface area (Å²) < 4.78 is 26.5. The van der Waals surface area contributed by atoms with Crippen molar-refractivity contribution in [1.82, 2.24) is 4.31 Å². The lowest BCUT2D eigenvalue weighted by molar-refractivity contribution is 0.0997. The number of phenols is 1. The van der Waals surface area contributed by atoms with Crippen LogP contribution >= 0.6 is 0 Å². The van der Waals surface area contributed by atoms with Gasteiger partial charge in [-0.15, -0.1) is 0 Å². The molecule has 0 aromatic heterocycles. The number of carbonyl (C=O) groups is 1. The number of hydrogen-bond donors (Lipinski definition) is 2. The minimum Gasteiger partial charge on any atom is -0.507 e. The molecule has 1 aliphatic rings. The van der Waals surface area contributed by atoms with Gasteiger partial charge in [-0.1, -0.05) is 12.8 Å². The first-order chi connectivity index (χ1) is 9.43. The van der Waals surface area contributed by atoms with E-state index in [1.54, 1.807) is 0 Å². The van der Waals surface area contributed by atoms with Gasteiger partial charge in [0.15, 0.2) is 0 Å². The number of hydrogen-bond acceptors (Lipinski definition) is 4. The number of rotatable bonds is 3. The molecule has 7 heteroatoms. The second kappa shape index (κ2) is 5.80. The minimum atomic E-state index is -3.64. The Labute approximate surface area is 118 Å². The molecule has 2 rings (SSSR count).